The highest BCUT2D eigenvalue weighted by Gasteiger charge is 2.20. The van der Waals surface area contributed by atoms with Crippen LogP contribution in [0, 0.1) is 5.41 Å². The lowest BCUT2D eigenvalue weighted by Gasteiger charge is -2.13. The first-order valence-corrected chi connectivity index (χ1v) is 5.68. The van der Waals surface area contributed by atoms with Gasteiger partial charge in [-0.3, -0.25) is 4.79 Å². The molecule has 0 amide bonds. The minimum atomic E-state index is -0.500. The molecule has 4 heteroatoms. The topological polar surface area (TPSA) is 50.2 Å². The van der Waals surface area contributed by atoms with E-state index in [1.807, 2.05) is 0 Å². The van der Waals surface area contributed by atoms with Crippen LogP contribution in [0.25, 0.3) is 5.76 Å². The molecule has 3 nitrogen and oxygen atoms in total. The number of hydrogen-bond acceptors (Lipinski definition) is 3. The summed E-state index contributed by atoms with van der Waals surface area (Å²) in [6.45, 7) is 5.40. The van der Waals surface area contributed by atoms with Crippen LogP contribution in [0.5, 0.6) is 0 Å². The third-order valence-electron chi connectivity index (χ3n) is 1.98. The molecule has 1 N–H and O–H groups in total. The molecule has 0 radical (unpaired) electrons. The molecule has 1 rings (SSSR count). The van der Waals surface area contributed by atoms with Gasteiger partial charge in [-0.25, -0.2) is 4.98 Å². The second-order valence-corrected chi connectivity index (χ2v) is 5.30. The Morgan fingerprint density at radius 3 is 2.56 bits per heavy atom. The van der Waals surface area contributed by atoms with Gasteiger partial charge in [0.1, 0.15) is 16.1 Å². The van der Waals surface area contributed by atoms with E-state index in [0.717, 1.165) is 0 Å². The van der Waals surface area contributed by atoms with Gasteiger partial charge in [-0.1, -0.05) is 26.8 Å². The number of aliphatic hydroxyl groups is 1. The largest absolute Gasteiger partial charge is 0.506 e. The molecular weight excluding hydrogens is 270 g/mol. The molecule has 0 saturated heterocycles. The lowest BCUT2D eigenvalue weighted by molar-refractivity contribution is -0.121. The van der Waals surface area contributed by atoms with Gasteiger partial charge in [0, 0.05) is 11.5 Å². The molecule has 1 aromatic rings. The van der Waals surface area contributed by atoms with Crippen molar-refractivity contribution in [3.8, 4) is 0 Å². The van der Waals surface area contributed by atoms with Crippen molar-refractivity contribution in [1.82, 2.24) is 4.98 Å². The Bertz CT molecular complexity index is 433. The van der Waals surface area contributed by atoms with Gasteiger partial charge in [0.2, 0.25) is 0 Å². The van der Waals surface area contributed by atoms with Crippen LogP contribution < -0.4 is 0 Å². The Morgan fingerprint density at radius 1 is 1.44 bits per heavy atom. The van der Waals surface area contributed by atoms with Gasteiger partial charge in [0.25, 0.3) is 0 Å². The zero-order valence-corrected chi connectivity index (χ0v) is 11.1. The van der Waals surface area contributed by atoms with E-state index in [-0.39, 0.29) is 11.5 Å². The number of pyridine rings is 1. The van der Waals surface area contributed by atoms with E-state index in [0.29, 0.717) is 10.3 Å². The molecule has 0 aliphatic rings. The summed E-state index contributed by atoms with van der Waals surface area (Å²) in [5.74, 6) is -0.243. The summed E-state index contributed by atoms with van der Waals surface area (Å²) in [6, 6.07) is 5.15. The number of rotatable bonds is 2. The number of aliphatic hydroxyl groups excluding tert-OH is 1. The SMILES string of the molecule is CC(C)(C)C(=O)C=C(O)c1cccc(Br)n1. The zero-order valence-electron chi connectivity index (χ0n) is 9.49. The zero-order chi connectivity index (χ0) is 12.3. The first-order chi connectivity index (χ1) is 7.30. The summed E-state index contributed by atoms with van der Waals surface area (Å²) in [5, 5.41) is 9.74. The summed E-state index contributed by atoms with van der Waals surface area (Å²) in [5.41, 5.74) is -0.119. The van der Waals surface area contributed by atoms with Crippen LogP contribution in [0.2, 0.25) is 0 Å². The fraction of sp³-hybridized carbons (Fsp3) is 0.333. The van der Waals surface area contributed by atoms with E-state index < -0.39 is 5.41 Å². The molecule has 0 spiro atoms. The number of carbonyl (C=O) groups excluding carboxylic acids is 1. The van der Waals surface area contributed by atoms with E-state index in [4.69, 9.17) is 0 Å². The van der Waals surface area contributed by atoms with Gasteiger partial charge < -0.3 is 5.11 Å². The molecule has 0 fully saturated rings. The number of nitrogens with zero attached hydrogens (tertiary/aromatic N) is 1. The number of aromatic nitrogens is 1. The summed E-state index contributed by atoms with van der Waals surface area (Å²) in [7, 11) is 0. The average Bonchev–Trinajstić information content (AvgIpc) is 2.16. The molecule has 0 atom stereocenters. The molecule has 86 valence electrons. The Morgan fingerprint density at radius 2 is 2.06 bits per heavy atom. The molecule has 0 aliphatic heterocycles. The molecule has 0 bridgehead atoms. The van der Waals surface area contributed by atoms with Crippen LogP contribution >= 0.6 is 15.9 Å². The molecule has 0 aliphatic carbocycles. The fourth-order valence-corrected chi connectivity index (χ4v) is 1.31. The Labute approximate surface area is 103 Å². The average molecular weight is 284 g/mol. The first-order valence-electron chi connectivity index (χ1n) is 4.89. The highest BCUT2D eigenvalue weighted by molar-refractivity contribution is 9.10. The van der Waals surface area contributed by atoms with Gasteiger partial charge >= 0.3 is 0 Å². The standard InChI is InChI=1S/C12H14BrNO2/c1-12(2,3)10(16)7-9(15)8-5-4-6-11(13)14-8/h4-7,15H,1-3H3. The van der Waals surface area contributed by atoms with Crippen molar-refractivity contribution in [3.63, 3.8) is 0 Å². The van der Waals surface area contributed by atoms with Crippen LogP contribution in [0.4, 0.5) is 0 Å². The number of ketones is 1. The van der Waals surface area contributed by atoms with Crippen LogP contribution in [0.1, 0.15) is 26.5 Å². The summed E-state index contributed by atoms with van der Waals surface area (Å²) in [4.78, 5) is 15.7. The van der Waals surface area contributed by atoms with E-state index in [2.05, 4.69) is 20.9 Å². The summed E-state index contributed by atoms with van der Waals surface area (Å²) < 4.78 is 0.619. The van der Waals surface area contributed by atoms with E-state index in [1.165, 1.54) is 6.08 Å². The van der Waals surface area contributed by atoms with E-state index in [1.54, 1.807) is 39.0 Å². The molecule has 16 heavy (non-hydrogen) atoms. The van der Waals surface area contributed by atoms with Crippen molar-refractivity contribution < 1.29 is 9.90 Å². The van der Waals surface area contributed by atoms with Crippen molar-refractivity contribution in [2.75, 3.05) is 0 Å². The van der Waals surface area contributed by atoms with Crippen molar-refractivity contribution in [3.05, 3.63) is 34.6 Å². The Kier molecular flexibility index (Phi) is 3.86. The molecule has 0 aromatic carbocycles. The normalized spacial score (nSPS) is 12.6. The molecule has 1 aromatic heterocycles. The van der Waals surface area contributed by atoms with Crippen LogP contribution in [0.3, 0.4) is 0 Å². The molecular formula is C12H14BrNO2. The minimum Gasteiger partial charge on any atom is -0.506 e. The van der Waals surface area contributed by atoms with Crippen molar-refractivity contribution >= 4 is 27.5 Å². The quantitative estimate of drug-likeness (QED) is 0.514. The van der Waals surface area contributed by atoms with Crippen LogP contribution in [0.15, 0.2) is 28.9 Å². The molecule has 0 unspecified atom stereocenters. The van der Waals surface area contributed by atoms with Gasteiger partial charge in [0.05, 0.1) is 0 Å². The van der Waals surface area contributed by atoms with E-state index in [9.17, 15) is 9.90 Å². The molecule has 0 saturated carbocycles. The third kappa shape index (κ3) is 3.45. The first kappa shape index (κ1) is 12.9. The van der Waals surface area contributed by atoms with E-state index >= 15 is 0 Å². The van der Waals surface area contributed by atoms with Crippen molar-refractivity contribution in [1.29, 1.82) is 0 Å². The van der Waals surface area contributed by atoms with Crippen LogP contribution in [-0.2, 0) is 4.79 Å². The number of halogens is 1. The fourth-order valence-electron chi connectivity index (χ4n) is 0.966. The smallest absolute Gasteiger partial charge is 0.164 e. The minimum absolute atomic E-state index is 0.110. The van der Waals surface area contributed by atoms with Crippen molar-refractivity contribution in [2.45, 2.75) is 20.8 Å². The maximum Gasteiger partial charge on any atom is 0.164 e. The lowest BCUT2D eigenvalue weighted by Crippen LogP contribution is -2.17. The Hall–Kier alpha value is -1.16. The third-order valence-corrected chi connectivity index (χ3v) is 2.43. The second-order valence-electron chi connectivity index (χ2n) is 4.49. The monoisotopic (exact) mass is 283 g/mol. The lowest BCUT2D eigenvalue weighted by atomic mass is 9.90. The number of carbonyl (C=O) groups is 1. The van der Waals surface area contributed by atoms with Crippen molar-refractivity contribution in [2.24, 2.45) is 5.41 Å². The predicted octanol–water partition coefficient (Wildman–Crippen LogP) is 3.36. The maximum absolute atomic E-state index is 11.7. The maximum atomic E-state index is 11.7. The van der Waals surface area contributed by atoms with Gasteiger partial charge in [-0.2, -0.15) is 0 Å². The highest BCUT2D eigenvalue weighted by Crippen LogP contribution is 2.19. The number of hydrogen-bond donors (Lipinski definition) is 1. The van der Waals surface area contributed by atoms with Gasteiger partial charge in [-0.05, 0) is 28.1 Å². The highest BCUT2D eigenvalue weighted by atomic mass is 79.9. The number of allylic oxidation sites excluding steroid dienone is 1. The van der Waals surface area contributed by atoms with Gasteiger partial charge in [0.15, 0.2) is 5.78 Å². The Balaban J connectivity index is 2.99. The predicted molar refractivity (Wildman–Crippen MR) is 67.0 cm³/mol. The second kappa shape index (κ2) is 4.78. The summed E-state index contributed by atoms with van der Waals surface area (Å²) in [6.07, 6.45) is 1.22. The van der Waals surface area contributed by atoms with Crippen LogP contribution in [-0.4, -0.2) is 15.9 Å². The van der Waals surface area contributed by atoms with Gasteiger partial charge in [-0.15, -0.1) is 0 Å². The molecule has 1 heterocycles. The summed E-state index contributed by atoms with van der Waals surface area (Å²) >= 11 is 3.20.